The topological polar surface area (TPSA) is 254 Å². The first-order valence-corrected chi connectivity index (χ1v) is 16.4. The van der Waals surface area contributed by atoms with Crippen LogP contribution in [0, 0.1) is 11.8 Å². The number of hydrogen-bond acceptors (Lipinski definition) is 8. The Morgan fingerprint density at radius 2 is 1.31 bits per heavy atom. The summed E-state index contributed by atoms with van der Waals surface area (Å²) in [4.78, 5) is 95.5. The number of nitrogens with one attached hydrogen (secondary N) is 7. The van der Waals surface area contributed by atoms with Crippen LogP contribution in [0.4, 0.5) is 0 Å². The number of aromatic nitrogens is 1. The minimum absolute atomic E-state index is 0.0189. The lowest BCUT2D eigenvalue weighted by Gasteiger charge is -2.29. The second-order valence-electron chi connectivity index (χ2n) is 13.2. The molecule has 0 aliphatic carbocycles. The number of aliphatic hydroxyl groups is 1. The average Bonchev–Trinajstić information content (AvgIpc) is 3.42. The van der Waals surface area contributed by atoms with E-state index in [-0.39, 0.29) is 31.1 Å². The van der Waals surface area contributed by atoms with E-state index in [4.69, 9.17) is 5.73 Å². The van der Waals surface area contributed by atoms with E-state index in [9.17, 15) is 38.7 Å². The van der Waals surface area contributed by atoms with Crippen molar-refractivity contribution in [2.24, 2.45) is 17.6 Å². The number of nitrogens with two attached hydrogens (primary N) is 1. The van der Waals surface area contributed by atoms with Crippen molar-refractivity contribution in [2.75, 3.05) is 6.54 Å². The molecule has 0 spiro atoms. The number of H-pyrrole nitrogens is 1. The Morgan fingerprint density at radius 1 is 0.755 bits per heavy atom. The smallest absolute Gasteiger partial charge is 0.245 e. The third kappa shape index (κ3) is 11.3. The van der Waals surface area contributed by atoms with Crippen LogP contribution in [0.3, 0.4) is 0 Å². The van der Waals surface area contributed by atoms with E-state index >= 15 is 0 Å². The fourth-order valence-electron chi connectivity index (χ4n) is 5.55. The van der Waals surface area contributed by atoms with E-state index in [1.807, 2.05) is 52.0 Å². The Morgan fingerprint density at radius 3 is 1.88 bits per heavy atom. The minimum Gasteiger partial charge on any atom is -0.391 e. The first-order valence-electron chi connectivity index (χ1n) is 16.4. The van der Waals surface area contributed by atoms with Crippen molar-refractivity contribution < 1.29 is 38.7 Å². The van der Waals surface area contributed by atoms with Gasteiger partial charge in [0.1, 0.15) is 30.2 Å². The van der Waals surface area contributed by atoms with Crippen LogP contribution in [0.25, 0.3) is 10.9 Å². The molecule has 49 heavy (non-hydrogen) atoms. The molecule has 1 saturated heterocycles. The van der Waals surface area contributed by atoms with Crippen molar-refractivity contribution in [3.63, 3.8) is 0 Å². The summed E-state index contributed by atoms with van der Waals surface area (Å²) in [7, 11) is 0. The Kier molecular flexibility index (Phi) is 13.7. The van der Waals surface area contributed by atoms with E-state index < -0.39 is 90.6 Å². The monoisotopic (exact) mass is 684 g/mol. The van der Waals surface area contributed by atoms with Gasteiger partial charge in [0, 0.05) is 23.5 Å². The highest BCUT2D eigenvalue weighted by atomic mass is 16.3. The molecule has 7 amide bonds. The van der Waals surface area contributed by atoms with Crippen molar-refractivity contribution in [3.05, 3.63) is 36.0 Å². The largest absolute Gasteiger partial charge is 0.391 e. The molecule has 1 aromatic heterocycles. The maximum absolute atomic E-state index is 13.9. The number of primary amides is 1. The number of aromatic amines is 1. The highest BCUT2D eigenvalue weighted by molar-refractivity contribution is 5.99. The Balaban J connectivity index is 2.04. The first kappa shape index (κ1) is 38.5. The number of benzene rings is 1. The predicted octanol–water partition coefficient (Wildman–Crippen LogP) is -1.39. The van der Waals surface area contributed by atoms with Crippen molar-refractivity contribution >= 4 is 52.3 Å². The molecule has 0 unspecified atom stereocenters. The molecular weight excluding hydrogens is 636 g/mol. The van der Waals surface area contributed by atoms with Gasteiger partial charge in [0.2, 0.25) is 41.4 Å². The quantitative estimate of drug-likeness (QED) is 0.152. The molecular formula is C33H48N8O8. The number of carbonyl (C=O) groups excluding carboxylic acids is 7. The van der Waals surface area contributed by atoms with Gasteiger partial charge in [-0.2, -0.15) is 0 Å². The maximum atomic E-state index is 13.9. The van der Waals surface area contributed by atoms with Crippen LogP contribution in [0.2, 0.25) is 0 Å². The zero-order valence-corrected chi connectivity index (χ0v) is 28.4. The molecule has 6 atom stereocenters. The zero-order valence-electron chi connectivity index (χ0n) is 28.4. The Bertz CT molecular complexity index is 1540. The van der Waals surface area contributed by atoms with E-state index in [1.54, 1.807) is 6.20 Å². The highest BCUT2D eigenvalue weighted by Crippen LogP contribution is 2.19. The van der Waals surface area contributed by atoms with Crippen LogP contribution in [-0.2, 0) is 40.0 Å². The maximum Gasteiger partial charge on any atom is 0.245 e. The lowest BCUT2D eigenvalue weighted by molar-refractivity contribution is -0.137. The van der Waals surface area contributed by atoms with E-state index in [0.29, 0.717) is 5.56 Å². The Labute approximate surface area is 284 Å². The van der Waals surface area contributed by atoms with Crippen molar-refractivity contribution in [3.8, 4) is 0 Å². The molecule has 1 aromatic carbocycles. The molecule has 2 heterocycles. The van der Waals surface area contributed by atoms with Crippen LogP contribution >= 0.6 is 0 Å². The molecule has 10 N–H and O–H groups in total. The summed E-state index contributed by atoms with van der Waals surface area (Å²) in [6, 6.07) is 0.725. The molecule has 1 fully saturated rings. The number of carbonyl (C=O) groups is 7. The molecule has 268 valence electrons. The van der Waals surface area contributed by atoms with E-state index in [2.05, 4.69) is 36.9 Å². The summed E-state index contributed by atoms with van der Waals surface area (Å²) < 4.78 is 0. The van der Waals surface area contributed by atoms with Gasteiger partial charge in [-0.15, -0.1) is 0 Å². The third-order valence-corrected chi connectivity index (χ3v) is 7.95. The first-order chi connectivity index (χ1) is 23.0. The van der Waals surface area contributed by atoms with E-state index in [1.165, 1.54) is 6.92 Å². The van der Waals surface area contributed by atoms with Gasteiger partial charge in [-0.05, 0) is 43.2 Å². The highest BCUT2D eigenvalue weighted by Gasteiger charge is 2.35. The fraction of sp³-hybridized carbons (Fsp3) is 0.545. The van der Waals surface area contributed by atoms with Crippen LogP contribution in [0.1, 0.15) is 59.4 Å². The van der Waals surface area contributed by atoms with E-state index in [0.717, 1.165) is 10.9 Å². The molecule has 1 aliphatic rings. The summed E-state index contributed by atoms with van der Waals surface area (Å²) in [6.07, 6.45) is -0.0608. The number of amides is 7. The second-order valence-corrected chi connectivity index (χ2v) is 13.2. The molecule has 16 nitrogen and oxygen atoms in total. The third-order valence-electron chi connectivity index (χ3n) is 7.95. The average molecular weight is 685 g/mol. The van der Waals surface area contributed by atoms with Gasteiger partial charge in [0.15, 0.2) is 0 Å². The minimum atomic E-state index is -1.60. The summed E-state index contributed by atoms with van der Waals surface area (Å²) in [6.45, 7) is 7.94. The van der Waals surface area contributed by atoms with Crippen molar-refractivity contribution in [2.45, 2.75) is 96.6 Å². The molecule has 16 heteroatoms. The van der Waals surface area contributed by atoms with Gasteiger partial charge in [-0.25, -0.2) is 0 Å². The number of fused-ring (bicyclic) bond motifs is 1. The van der Waals surface area contributed by atoms with Gasteiger partial charge < -0.3 is 47.7 Å². The lowest BCUT2D eigenvalue weighted by Crippen LogP contribution is -2.62. The normalized spacial score (nSPS) is 24.2. The Hall–Kier alpha value is -4.99. The summed E-state index contributed by atoms with van der Waals surface area (Å²) in [5.74, 6) is -5.97. The SMILES string of the molecule is CC(C)C[C@@H]1NC(=O)[C@H](Cc2c[nH]c3ccccc23)NC(=O)CNC(=O)[C@H](CC(N)=O)NC(=O)[C@H]([C@@H](C)O)NC(=O)[C@@H](CC(C)C)NC1=O. The summed E-state index contributed by atoms with van der Waals surface area (Å²) in [5.41, 5.74) is 6.82. The summed E-state index contributed by atoms with van der Waals surface area (Å²) in [5, 5.41) is 26.4. The molecule has 2 aromatic rings. The molecule has 0 saturated carbocycles. The van der Waals surface area contributed by atoms with Gasteiger partial charge >= 0.3 is 0 Å². The van der Waals surface area contributed by atoms with Gasteiger partial charge in [0.25, 0.3) is 0 Å². The lowest BCUT2D eigenvalue weighted by atomic mass is 9.98. The second kappa shape index (κ2) is 17.4. The van der Waals surface area contributed by atoms with Gasteiger partial charge in [-0.1, -0.05) is 45.9 Å². The molecule has 1 aliphatic heterocycles. The number of aliphatic hydroxyl groups excluding tert-OH is 1. The predicted molar refractivity (Wildman–Crippen MR) is 179 cm³/mol. The fourth-order valence-corrected chi connectivity index (χ4v) is 5.55. The van der Waals surface area contributed by atoms with Gasteiger partial charge in [0.05, 0.1) is 19.1 Å². The molecule has 0 bridgehead atoms. The van der Waals surface area contributed by atoms with Crippen LogP contribution in [0.15, 0.2) is 30.5 Å². The van der Waals surface area contributed by atoms with Crippen LogP contribution in [0.5, 0.6) is 0 Å². The van der Waals surface area contributed by atoms with Crippen molar-refractivity contribution in [1.82, 2.24) is 36.9 Å². The van der Waals surface area contributed by atoms with Gasteiger partial charge in [-0.3, -0.25) is 33.6 Å². The number of para-hydroxylation sites is 1. The molecule has 0 radical (unpaired) electrons. The van der Waals surface area contributed by atoms with Crippen LogP contribution < -0.4 is 37.6 Å². The number of hydrogen-bond donors (Lipinski definition) is 9. The zero-order chi connectivity index (χ0) is 36.4. The molecule has 3 rings (SSSR count). The van der Waals surface area contributed by atoms with Crippen molar-refractivity contribution in [1.29, 1.82) is 0 Å². The van der Waals surface area contributed by atoms with Crippen LogP contribution in [-0.4, -0.2) is 94.3 Å². The number of rotatable bonds is 9. The standard InChI is InChI=1S/C33H48N8O8/c1-16(2)10-22-30(46)39-23(11-17(3)4)32(48)41-28(18(5)42)33(49)40-25(13-26(34)43)29(45)36-15-27(44)37-24(31(47)38-22)12-19-14-35-21-9-7-6-8-20(19)21/h6-9,14,16-18,22-25,28,35,42H,10-13,15H2,1-5H3,(H2,34,43)(H,36,45)(H,37,44)(H,38,47)(H,39,46)(H,40,49)(H,41,48)/t18-,22+,23-,24+,25+,28+/m1/s1. The summed E-state index contributed by atoms with van der Waals surface area (Å²) >= 11 is 0.